The molecule has 0 aliphatic heterocycles. The van der Waals surface area contributed by atoms with Crippen molar-refractivity contribution in [3.8, 4) is 0 Å². The zero-order chi connectivity index (χ0) is 32.7. The van der Waals surface area contributed by atoms with Gasteiger partial charge in [-0.05, 0) is 44.7 Å². The summed E-state index contributed by atoms with van der Waals surface area (Å²) in [5.41, 5.74) is 1.97. The molecule has 0 aliphatic carbocycles. The summed E-state index contributed by atoms with van der Waals surface area (Å²) in [6.07, 6.45) is 6.42. The van der Waals surface area contributed by atoms with Gasteiger partial charge in [-0.3, -0.25) is 0 Å². The molecule has 0 heterocycles. The standard InChI is InChI=1S/C18H25N3O8.C8H7NO.C2H3NO.2CH4/c1-14(2)16(24)27-9-5-10-29-18(26)20-8-11-28-17(25)15(21-13-23)6-3-4-7-19-12-22;1-7-4-2-3-5-8(7)9-6-10;1-3-2-4;;/h15H,1,3-11H2,2H3,(H,20,26);2-5H,1H3;1H3;2*1H4. The first-order valence-corrected chi connectivity index (χ1v) is 12.8. The predicted molar refractivity (Wildman–Crippen MR) is 166 cm³/mol. The van der Waals surface area contributed by atoms with Gasteiger partial charge in [0.15, 0.2) is 6.04 Å². The van der Waals surface area contributed by atoms with Crippen LogP contribution in [0.5, 0.6) is 0 Å². The quantitative estimate of drug-likeness (QED) is 0.0686. The van der Waals surface area contributed by atoms with E-state index in [4.69, 9.17) is 19.0 Å². The highest BCUT2D eigenvalue weighted by Crippen LogP contribution is 2.15. The van der Waals surface area contributed by atoms with Gasteiger partial charge in [-0.15, -0.1) is 0 Å². The minimum absolute atomic E-state index is 0. The number of benzene rings is 1. The van der Waals surface area contributed by atoms with E-state index in [1.54, 1.807) is 6.07 Å². The number of alkyl carbamates (subject to hydrolysis) is 1. The highest BCUT2D eigenvalue weighted by Gasteiger charge is 2.18. The third-order valence-electron chi connectivity index (χ3n) is 4.63. The van der Waals surface area contributed by atoms with E-state index in [9.17, 15) is 28.8 Å². The first-order chi connectivity index (χ1) is 20.7. The number of nitrogens with one attached hydrogen (secondary N) is 1. The Kier molecular flexibility index (Phi) is 34.4. The van der Waals surface area contributed by atoms with Gasteiger partial charge < -0.3 is 19.5 Å². The van der Waals surface area contributed by atoms with Crippen molar-refractivity contribution >= 4 is 48.0 Å². The summed E-state index contributed by atoms with van der Waals surface area (Å²) in [6, 6.07) is 6.42. The molecule has 0 aliphatic rings. The summed E-state index contributed by atoms with van der Waals surface area (Å²) in [7, 11) is 1.38. The van der Waals surface area contributed by atoms with E-state index >= 15 is 0 Å². The number of carbonyl (C=O) groups excluding carboxylic acids is 7. The maximum absolute atomic E-state index is 11.9. The number of hydrogen-bond donors (Lipinski definition) is 1. The number of esters is 2. The Bertz CT molecular complexity index is 1210. The van der Waals surface area contributed by atoms with Crippen molar-refractivity contribution in [2.45, 2.75) is 60.4 Å². The molecule has 15 heteroatoms. The van der Waals surface area contributed by atoms with Crippen LogP contribution in [0.3, 0.4) is 0 Å². The third-order valence-corrected chi connectivity index (χ3v) is 4.63. The number of rotatable bonds is 16. The lowest BCUT2D eigenvalue weighted by atomic mass is 10.1. The molecule has 1 aromatic rings. The molecule has 0 spiro atoms. The summed E-state index contributed by atoms with van der Waals surface area (Å²) < 4.78 is 14.6. The molecule has 1 N–H and O–H groups in total. The van der Waals surface area contributed by atoms with Crippen LogP contribution >= 0.6 is 0 Å². The smallest absolute Gasteiger partial charge is 0.407 e. The van der Waals surface area contributed by atoms with Crippen LogP contribution in [-0.4, -0.2) is 88.4 Å². The molecule has 0 aromatic heterocycles. The molecule has 1 unspecified atom stereocenters. The largest absolute Gasteiger partial charge is 0.462 e. The number of para-hydroxylation sites is 1. The molecule has 0 fully saturated rings. The Hall–Kier alpha value is -5.31. The van der Waals surface area contributed by atoms with Gasteiger partial charge in [0, 0.05) is 19.0 Å². The van der Waals surface area contributed by atoms with Gasteiger partial charge in [-0.1, -0.05) is 39.6 Å². The second-order valence-electron chi connectivity index (χ2n) is 8.01. The van der Waals surface area contributed by atoms with Crippen molar-refractivity contribution in [3.63, 3.8) is 0 Å². The molecule has 1 aromatic carbocycles. The highest BCUT2D eigenvalue weighted by molar-refractivity contribution is 5.86. The van der Waals surface area contributed by atoms with Crippen LogP contribution < -0.4 is 5.32 Å². The van der Waals surface area contributed by atoms with Crippen molar-refractivity contribution in [3.05, 3.63) is 42.0 Å². The number of carbonyl (C=O) groups is 3. The SMILES string of the molecule is C.C.C=C(C)C(=O)OCCCOC(=O)NCCOC(=O)C(CCCCN=C=O)N=C=O.CN=C=O.Cc1ccccc1N=C=O. The van der Waals surface area contributed by atoms with Gasteiger partial charge in [0.1, 0.15) is 6.61 Å². The van der Waals surface area contributed by atoms with E-state index < -0.39 is 24.1 Å². The monoisotopic (exact) mass is 633 g/mol. The fourth-order valence-electron chi connectivity index (χ4n) is 2.57. The Morgan fingerprint density at radius 3 is 2.09 bits per heavy atom. The lowest BCUT2D eigenvalue weighted by molar-refractivity contribution is -0.145. The van der Waals surface area contributed by atoms with Crippen molar-refractivity contribution in [1.29, 1.82) is 0 Å². The van der Waals surface area contributed by atoms with Crippen molar-refractivity contribution in [1.82, 2.24) is 5.32 Å². The number of isocyanates is 4. The Labute approximate surface area is 263 Å². The number of amides is 1. The fourth-order valence-corrected chi connectivity index (χ4v) is 2.57. The number of aryl methyl sites for hydroxylation is 1. The second-order valence-corrected chi connectivity index (χ2v) is 8.01. The van der Waals surface area contributed by atoms with Gasteiger partial charge in [0.25, 0.3) is 0 Å². The van der Waals surface area contributed by atoms with Crippen molar-refractivity contribution in [2.75, 3.05) is 40.0 Å². The average Bonchev–Trinajstić information content (AvgIpc) is 3.00. The topological polar surface area (TPSA) is 209 Å². The lowest BCUT2D eigenvalue weighted by Gasteiger charge is -2.11. The van der Waals surface area contributed by atoms with Gasteiger partial charge >= 0.3 is 18.0 Å². The Morgan fingerprint density at radius 2 is 1.53 bits per heavy atom. The molecule has 15 nitrogen and oxygen atoms in total. The highest BCUT2D eigenvalue weighted by atomic mass is 16.6. The third kappa shape index (κ3) is 28.6. The summed E-state index contributed by atoms with van der Waals surface area (Å²) in [4.78, 5) is 86.7. The van der Waals surface area contributed by atoms with E-state index in [-0.39, 0.29) is 59.8 Å². The van der Waals surface area contributed by atoms with E-state index in [0.29, 0.717) is 24.9 Å². The number of nitrogens with zero attached hydrogens (tertiary/aromatic N) is 4. The van der Waals surface area contributed by atoms with Crippen molar-refractivity contribution in [2.24, 2.45) is 20.0 Å². The molecule has 0 radical (unpaired) electrons. The first kappa shape index (κ1) is 46.6. The molecule has 1 amide bonds. The van der Waals surface area contributed by atoms with Crippen LogP contribution in [-0.2, 0) is 43.0 Å². The molecule has 1 atom stereocenters. The van der Waals surface area contributed by atoms with Gasteiger partial charge in [0.05, 0.1) is 32.0 Å². The minimum atomic E-state index is -0.999. The van der Waals surface area contributed by atoms with Crippen molar-refractivity contribution < 1.29 is 47.8 Å². The summed E-state index contributed by atoms with van der Waals surface area (Å²) >= 11 is 0. The molecule has 248 valence electrons. The molecule has 0 bridgehead atoms. The molecular formula is C30H43N5O10. The maximum Gasteiger partial charge on any atom is 0.407 e. The predicted octanol–water partition coefficient (Wildman–Crippen LogP) is 4.16. The number of hydrogen-bond acceptors (Lipinski definition) is 14. The second kappa shape index (κ2) is 33.2. The Balaban J connectivity index is -0.000000432. The normalized spacial score (nSPS) is 9.04. The van der Waals surface area contributed by atoms with Crippen LogP contribution in [0.2, 0.25) is 0 Å². The van der Waals surface area contributed by atoms with E-state index in [0.717, 1.165) is 5.56 Å². The minimum Gasteiger partial charge on any atom is -0.462 e. The summed E-state index contributed by atoms with van der Waals surface area (Å²) in [6.45, 7) is 7.14. The summed E-state index contributed by atoms with van der Waals surface area (Å²) in [5, 5.41) is 2.38. The Morgan fingerprint density at radius 1 is 0.889 bits per heavy atom. The van der Waals surface area contributed by atoms with Crippen LogP contribution in [0.15, 0.2) is 56.4 Å². The van der Waals surface area contributed by atoms with E-state index in [1.807, 2.05) is 25.1 Å². The molecule has 0 saturated carbocycles. The van der Waals surface area contributed by atoms with Gasteiger partial charge in [-0.2, -0.15) is 9.98 Å². The van der Waals surface area contributed by atoms with Crippen LogP contribution in [0.1, 0.15) is 53.0 Å². The van der Waals surface area contributed by atoms with Gasteiger partial charge in [-0.25, -0.2) is 43.5 Å². The number of unbranched alkanes of at least 4 members (excludes halogenated alkanes) is 1. The summed E-state index contributed by atoms with van der Waals surface area (Å²) in [5.74, 6) is -1.23. The fraction of sp³-hybridized carbons (Fsp3) is 0.500. The molecular weight excluding hydrogens is 590 g/mol. The molecule has 1 rings (SSSR count). The number of ether oxygens (including phenoxy) is 3. The maximum atomic E-state index is 11.9. The van der Waals surface area contributed by atoms with E-state index in [2.05, 4.69) is 31.9 Å². The lowest BCUT2D eigenvalue weighted by Crippen LogP contribution is -2.31. The zero-order valence-corrected chi connectivity index (χ0v) is 24.3. The van der Waals surface area contributed by atoms with Crippen LogP contribution in [0.25, 0.3) is 0 Å². The van der Waals surface area contributed by atoms with Crippen LogP contribution in [0.4, 0.5) is 10.5 Å². The van der Waals surface area contributed by atoms with Gasteiger partial charge in [0.2, 0.25) is 24.3 Å². The molecule has 0 saturated heterocycles. The zero-order valence-electron chi connectivity index (χ0n) is 24.3. The van der Waals surface area contributed by atoms with Crippen LogP contribution in [0, 0.1) is 6.92 Å². The first-order valence-electron chi connectivity index (χ1n) is 12.8. The molecule has 45 heavy (non-hydrogen) atoms. The number of aliphatic imine (C=N–C) groups is 4. The van der Waals surface area contributed by atoms with E-state index in [1.165, 1.54) is 38.3 Å². The average molecular weight is 634 g/mol.